The molecule has 1 rings (SSSR count). The number of carboxylic acid groups (broad SMARTS) is 1. The summed E-state index contributed by atoms with van der Waals surface area (Å²) in [6, 6.07) is 2.39. The van der Waals surface area contributed by atoms with Gasteiger partial charge < -0.3 is 14.9 Å². The van der Waals surface area contributed by atoms with Crippen LogP contribution in [0.15, 0.2) is 12.1 Å². The number of carboxylic acids is 1. The van der Waals surface area contributed by atoms with E-state index in [0.717, 1.165) is 13.2 Å². The van der Waals surface area contributed by atoms with Gasteiger partial charge in [-0.25, -0.2) is 9.59 Å². The van der Waals surface area contributed by atoms with Crippen LogP contribution in [0.4, 0.5) is 0 Å². The number of esters is 1. The van der Waals surface area contributed by atoms with Crippen molar-refractivity contribution in [3.8, 4) is 5.75 Å². The Balaban J connectivity index is 3.43. The van der Waals surface area contributed by atoms with Gasteiger partial charge in [0.15, 0.2) is 0 Å². The first-order valence-corrected chi connectivity index (χ1v) is 4.13. The maximum absolute atomic E-state index is 11.3. The molecule has 15 heavy (non-hydrogen) atoms. The Morgan fingerprint density at radius 3 is 2.40 bits per heavy atom. The minimum absolute atomic E-state index is 0.0341. The Hall–Kier alpha value is -2.04. The molecular formula is C10H10O5. The lowest BCUT2D eigenvalue weighted by atomic mass is 10.0. The fourth-order valence-corrected chi connectivity index (χ4v) is 1.29. The van der Waals surface area contributed by atoms with Crippen molar-refractivity contribution in [2.75, 3.05) is 7.11 Å². The summed E-state index contributed by atoms with van der Waals surface area (Å²) < 4.78 is 4.44. The molecule has 5 heteroatoms. The third-order valence-corrected chi connectivity index (χ3v) is 2.06. The molecule has 2 N–H and O–H groups in total. The van der Waals surface area contributed by atoms with Crippen LogP contribution in [0.3, 0.4) is 0 Å². The van der Waals surface area contributed by atoms with Gasteiger partial charge in [0, 0.05) is 0 Å². The van der Waals surface area contributed by atoms with Crippen molar-refractivity contribution in [2.45, 2.75) is 6.92 Å². The molecule has 0 aromatic heterocycles. The predicted molar refractivity (Wildman–Crippen MR) is 51.1 cm³/mol. The second-order valence-corrected chi connectivity index (χ2v) is 2.93. The number of aromatic hydroxyl groups is 1. The molecule has 1 aromatic rings. The van der Waals surface area contributed by atoms with Gasteiger partial charge in [-0.1, -0.05) is 0 Å². The molecule has 0 saturated carbocycles. The number of phenols is 1. The zero-order valence-electron chi connectivity index (χ0n) is 8.27. The first-order chi connectivity index (χ1) is 6.99. The van der Waals surface area contributed by atoms with E-state index in [4.69, 9.17) is 5.11 Å². The van der Waals surface area contributed by atoms with Gasteiger partial charge in [0.1, 0.15) is 11.3 Å². The third kappa shape index (κ3) is 1.90. The lowest BCUT2D eigenvalue weighted by Gasteiger charge is -2.08. The lowest BCUT2D eigenvalue weighted by molar-refractivity contribution is 0.0596. The number of methoxy groups -OCH3 is 1. The summed E-state index contributed by atoms with van der Waals surface area (Å²) in [6.07, 6.45) is 0. The van der Waals surface area contributed by atoms with E-state index in [1.54, 1.807) is 0 Å². The summed E-state index contributed by atoms with van der Waals surface area (Å²) in [5, 5.41) is 18.2. The molecule has 0 heterocycles. The Kier molecular flexibility index (Phi) is 2.94. The van der Waals surface area contributed by atoms with E-state index in [9.17, 15) is 14.7 Å². The van der Waals surface area contributed by atoms with Gasteiger partial charge in [0.2, 0.25) is 0 Å². The number of aromatic carboxylic acids is 1. The van der Waals surface area contributed by atoms with Crippen LogP contribution in [0, 0.1) is 6.92 Å². The smallest absolute Gasteiger partial charge is 0.341 e. The number of phenolic OH excluding ortho intramolecular Hbond substituents is 1. The highest BCUT2D eigenvalue weighted by atomic mass is 16.5. The van der Waals surface area contributed by atoms with Crippen LogP contribution in [0.25, 0.3) is 0 Å². The van der Waals surface area contributed by atoms with Crippen molar-refractivity contribution in [2.24, 2.45) is 0 Å². The molecule has 1 aromatic carbocycles. The normalized spacial score (nSPS) is 9.73. The average Bonchev–Trinajstić information content (AvgIpc) is 2.16. The minimum atomic E-state index is -1.15. The molecule has 0 atom stereocenters. The predicted octanol–water partition coefficient (Wildman–Crippen LogP) is 1.19. The topological polar surface area (TPSA) is 83.8 Å². The SMILES string of the molecule is COC(=O)c1c(O)ccc(C(=O)O)c1C. The number of carbonyl (C=O) groups is 2. The number of ether oxygens (including phenoxy) is 1. The second kappa shape index (κ2) is 4.00. The first-order valence-electron chi connectivity index (χ1n) is 4.13. The van der Waals surface area contributed by atoms with Crippen molar-refractivity contribution in [3.05, 3.63) is 28.8 Å². The highest BCUT2D eigenvalue weighted by Gasteiger charge is 2.19. The molecule has 0 radical (unpaired) electrons. The largest absolute Gasteiger partial charge is 0.507 e. The number of benzene rings is 1. The van der Waals surface area contributed by atoms with Gasteiger partial charge in [0.25, 0.3) is 0 Å². The molecule has 0 spiro atoms. The highest BCUT2D eigenvalue weighted by Crippen LogP contribution is 2.24. The van der Waals surface area contributed by atoms with E-state index in [0.29, 0.717) is 0 Å². The van der Waals surface area contributed by atoms with E-state index < -0.39 is 11.9 Å². The Morgan fingerprint density at radius 1 is 1.33 bits per heavy atom. The van der Waals surface area contributed by atoms with Crippen LogP contribution in [-0.2, 0) is 4.74 Å². The Bertz CT molecular complexity index is 422. The molecule has 0 unspecified atom stereocenters. The fraction of sp³-hybridized carbons (Fsp3) is 0.200. The van der Waals surface area contributed by atoms with Crippen LogP contribution in [0.1, 0.15) is 26.3 Å². The monoisotopic (exact) mass is 210 g/mol. The maximum Gasteiger partial charge on any atom is 0.341 e. The van der Waals surface area contributed by atoms with Gasteiger partial charge in [-0.15, -0.1) is 0 Å². The van der Waals surface area contributed by atoms with Crippen molar-refractivity contribution in [3.63, 3.8) is 0 Å². The fourth-order valence-electron chi connectivity index (χ4n) is 1.29. The van der Waals surface area contributed by atoms with Gasteiger partial charge in [-0.2, -0.15) is 0 Å². The molecule has 0 aliphatic rings. The summed E-state index contributed by atoms with van der Waals surface area (Å²) in [5.41, 5.74) is 0.0416. The quantitative estimate of drug-likeness (QED) is 0.716. The minimum Gasteiger partial charge on any atom is -0.507 e. The summed E-state index contributed by atoms with van der Waals surface area (Å²) in [4.78, 5) is 22.0. The van der Waals surface area contributed by atoms with E-state index in [1.807, 2.05) is 0 Å². The first kappa shape index (κ1) is 11.0. The Morgan fingerprint density at radius 2 is 1.93 bits per heavy atom. The summed E-state index contributed by atoms with van der Waals surface area (Å²) in [6.45, 7) is 1.44. The van der Waals surface area contributed by atoms with E-state index >= 15 is 0 Å². The van der Waals surface area contributed by atoms with Crippen LogP contribution in [-0.4, -0.2) is 29.3 Å². The molecule has 0 aliphatic carbocycles. The van der Waals surface area contributed by atoms with Gasteiger partial charge in [-0.05, 0) is 24.6 Å². The van der Waals surface area contributed by atoms with Gasteiger partial charge in [0.05, 0.1) is 12.7 Å². The molecule has 0 aliphatic heterocycles. The molecule has 0 amide bonds. The van der Waals surface area contributed by atoms with E-state index in [-0.39, 0.29) is 22.4 Å². The number of hydrogen-bond donors (Lipinski definition) is 2. The van der Waals surface area contributed by atoms with Crippen molar-refractivity contribution in [1.29, 1.82) is 0 Å². The zero-order chi connectivity index (χ0) is 11.6. The van der Waals surface area contributed by atoms with Crippen LogP contribution in [0.2, 0.25) is 0 Å². The number of rotatable bonds is 2. The standard InChI is InChI=1S/C10H10O5/c1-5-6(9(12)13)3-4-7(11)8(5)10(14)15-2/h3-4,11H,1-2H3,(H,12,13). The Labute approximate surface area is 85.9 Å². The van der Waals surface area contributed by atoms with Crippen LogP contribution in [0.5, 0.6) is 5.75 Å². The van der Waals surface area contributed by atoms with Gasteiger partial charge in [-0.3, -0.25) is 0 Å². The van der Waals surface area contributed by atoms with Crippen molar-refractivity contribution < 1.29 is 24.5 Å². The maximum atomic E-state index is 11.3. The summed E-state index contributed by atoms with van der Waals surface area (Å²) in [7, 11) is 1.16. The number of hydrogen-bond acceptors (Lipinski definition) is 4. The summed E-state index contributed by atoms with van der Waals surface area (Å²) >= 11 is 0. The number of carbonyl (C=O) groups excluding carboxylic acids is 1. The molecule has 80 valence electrons. The van der Waals surface area contributed by atoms with E-state index in [2.05, 4.69) is 4.74 Å². The van der Waals surface area contributed by atoms with Crippen molar-refractivity contribution in [1.82, 2.24) is 0 Å². The molecular weight excluding hydrogens is 200 g/mol. The average molecular weight is 210 g/mol. The molecule has 0 fully saturated rings. The van der Waals surface area contributed by atoms with Crippen LogP contribution < -0.4 is 0 Å². The zero-order valence-corrected chi connectivity index (χ0v) is 8.27. The molecule has 0 bridgehead atoms. The van der Waals surface area contributed by atoms with E-state index in [1.165, 1.54) is 13.0 Å². The van der Waals surface area contributed by atoms with Crippen molar-refractivity contribution >= 4 is 11.9 Å². The summed E-state index contributed by atoms with van der Waals surface area (Å²) in [5.74, 6) is -2.20. The molecule has 0 saturated heterocycles. The third-order valence-electron chi connectivity index (χ3n) is 2.06. The van der Waals surface area contributed by atoms with Gasteiger partial charge >= 0.3 is 11.9 Å². The van der Waals surface area contributed by atoms with Crippen LogP contribution >= 0.6 is 0 Å². The lowest BCUT2D eigenvalue weighted by Crippen LogP contribution is -2.09. The molecule has 5 nitrogen and oxygen atoms in total. The second-order valence-electron chi connectivity index (χ2n) is 2.93. The highest BCUT2D eigenvalue weighted by molar-refractivity contribution is 5.99.